The Morgan fingerprint density at radius 1 is 0.235 bits per heavy atom. The zero-order valence-corrected chi connectivity index (χ0v) is 68.4. The summed E-state index contributed by atoms with van der Waals surface area (Å²) in [5, 5.41) is 10.6. The van der Waals surface area contributed by atoms with Crippen LogP contribution >= 0.6 is 15.6 Å². The fourth-order valence-electron chi connectivity index (χ4n) is 13.0. The zero-order chi connectivity index (χ0) is 74.6. The number of aliphatic hydroxyl groups is 1. The molecule has 0 fully saturated rings. The van der Waals surface area contributed by atoms with E-state index in [4.69, 9.17) is 37.0 Å². The SMILES string of the molecule is CCCCCCCCCCCCCCCCCCCCCCC(=O)OC[C@H](COP(=O)(O)OC[C@@H](O)COP(=O)(O)OC[C@@H](COC(=O)CCCCCCCCCC)OC(=O)CCCCCCCCCCCCCCCC)OC(=O)CCCCCCCCCCCCCCCCCCCCCC. The number of phosphoric ester groups is 2. The molecule has 0 aromatic rings. The van der Waals surface area contributed by atoms with Crippen molar-refractivity contribution in [2.24, 2.45) is 0 Å². The minimum atomic E-state index is -4.96. The Morgan fingerprint density at radius 2 is 0.392 bits per heavy atom. The molecule has 0 saturated carbocycles. The highest BCUT2D eigenvalue weighted by Gasteiger charge is 2.30. The van der Waals surface area contributed by atoms with Gasteiger partial charge >= 0.3 is 39.5 Å². The first-order valence-corrected chi connectivity index (χ1v) is 46.3. The molecule has 0 aliphatic heterocycles. The molecule has 606 valence electrons. The van der Waals surface area contributed by atoms with E-state index in [-0.39, 0.29) is 25.7 Å². The molecule has 2 unspecified atom stereocenters. The van der Waals surface area contributed by atoms with Crippen LogP contribution in [0.1, 0.15) is 451 Å². The minimum absolute atomic E-state index is 0.108. The highest BCUT2D eigenvalue weighted by molar-refractivity contribution is 7.47. The Bertz CT molecular complexity index is 1930. The molecule has 0 rings (SSSR count). The highest BCUT2D eigenvalue weighted by atomic mass is 31.2. The Kier molecular flexibility index (Phi) is 75.8. The van der Waals surface area contributed by atoms with Crippen molar-refractivity contribution in [2.75, 3.05) is 39.6 Å². The molecule has 0 bridgehead atoms. The van der Waals surface area contributed by atoms with E-state index in [0.29, 0.717) is 25.7 Å². The van der Waals surface area contributed by atoms with Crippen LogP contribution in [0.25, 0.3) is 0 Å². The van der Waals surface area contributed by atoms with Gasteiger partial charge in [-0.1, -0.05) is 400 Å². The maximum absolute atomic E-state index is 13.1. The number of esters is 4. The van der Waals surface area contributed by atoms with Crippen LogP contribution in [-0.2, 0) is 65.4 Å². The lowest BCUT2D eigenvalue weighted by Crippen LogP contribution is -2.30. The van der Waals surface area contributed by atoms with Gasteiger partial charge in [-0.25, -0.2) is 9.13 Å². The number of aliphatic hydroxyl groups excluding tert-OH is 1. The fraction of sp³-hybridized carbons (Fsp3) is 0.952. The zero-order valence-electron chi connectivity index (χ0n) is 66.6. The van der Waals surface area contributed by atoms with Crippen molar-refractivity contribution in [2.45, 2.75) is 470 Å². The van der Waals surface area contributed by atoms with E-state index in [1.165, 1.54) is 283 Å². The number of unbranched alkanes of at least 4 members (excludes halogenated alkanes) is 58. The summed E-state index contributed by atoms with van der Waals surface area (Å²) in [4.78, 5) is 73.0. The second-order valence-corrected chi connectivity index (χ2v) is 32.8. The lowest BCUT2D eigenvalue weighted by Gasteiger charge is -2.21. The van der Waals surface area contributed by atoms with E-state index in [9.17, 15) is 43.2 Å². The first-order chi connectivity index (χ1) is 49.7. The third kappa shape index (κ3) is 76.3. The number of ether oxygens (including phenoxy) is 4. The summed E-state index contributed by atoms with van der Waals surface area (Å²) < 4.78 is 68.7. The molecule has 102 heavy (non-hydrogen) atoms. The summed E-state index contributed by atoms with van der Waals surface area (Å²) in [5.74, 6) is -2.10. The summed E-state index contributed by atoms with van der Waals surface area (Å²) in [6.07, 6.45) is 71.0. The summed E-state index contributed by atoms with van der Waals surface area (Å²) in [6.45, 7) is 5.01. The summed E-state index contributed by atoms with van der Waals surface area (Å²) in [7, 11) is -9.92. The molecule has 0 amide bonds. The van der Waals surface area contributed by atoms with Crippen molar-refractivity contribution < 1.29 is 80.2 Å². The van der Waals surface area contributed by atoms with Gasteiger partial charge in [-0.3, -0.25) is 37.3 Å². The van der Waals surface area contributed by atoms with Crippen molar-refractivity contribution in [3.8, 4) is 0 Å². The molecule has 19 heteroatoms. The van der Waals surface area contributed by atoms with Gasteiger partial charge in [0, 0.05) is 25.7 Å². The number of carbonyl (C=O) groups excluding carboxylic acids is 4. The number of carbonyl (C=O) groups is 4. The average molecular weight is 1490 g/mol. The molecule has 0 aliphatic rings. The fourth-order valence-corrected chi connectivity index (χ4v) is 14.6. The second kappa shape index (κ2) is 77.2. The van der Waals surface area contributed by atoms with Crippen molar-refractivity contribution in [3.63, 3.8) is 0 Å². The Balaban J connectivity index is 5.18. The van der Waals surface area contributed by atoms with Gasteiger partial charge in [0.25, 0.3) is 0 Å². The number of hydrogen-bond donors (Lipinski definition) is 3. The topological polar surface area (TPSA) is 237 Å². The van der Waals surface area contributed by atoms with Gasteiger partial charge in [0.05, 0.1) is 26.4 Å². The third-order valence-corrected chi connectivity index (χ3v) is 21.5. The van der Waals surface area contributed by atoms with Crippen LogP contribution in [0, 0.1) is 0 Å². The van der Waals surface area contributed by atoms with Gasteiger partial charge in [0.1, 0.15) is 19.3 Å². The van der Waals surface area contributed by atoms with Crippen LogP contribution in [0.4, 0.5) is 0 Å². The van der Waals surface area contributed by atoms with Gasteiger partial charge in [-0.15, -0.1) is 0 Å². The quantitative estimate of drug-likeness (QED) is 0.0222. The lowest BCUT2D eigenvalue weighted by atomic mass is 10.0. The van der Waals surface area contributed by atoms with E-state index in [1.807, 2.05) is 0 Å². The van der Waals surface area contributed by atoms with Crippen LogP contribution in [0.5, 0.6) is 0 Å². The molecule has 0 aliphatic carbocycles. The smallest absolute Gasteiger partial charge is 0.462 e. The largest absolute Gasteiger partial charge is 0.472 e. The van der Waals surface area contributed by atoms with Crippen LogP contribution in [-0.4, -0.2) is 96.7 Å². The van der Waals surface area contributed by atoms with Gasteiger partial charge < -0.3 is 33.8 Å². The highest BCUT2D eigenvalue weighted by Crippen LogP contribution is 2.45. The van der Waals surface area contributed by atoms with E-state index in [1.54, 1.807) is 0 Å². The summed E-state index contributed by atoms with van der Waals surface area (Å²) in [5.41, 5.74) is 0. The maximum atomic E-state index is 13.1. The normalized spacial score (nSPS) is 13.8. The van der Waals surface area contributed by atoms with Crippen LogP contribution in [0.15, 0.2) is 0 Å². The lowest BCUT2D eigenvalue weighted by molar-refractivity contribution is -0.161. The van der Waals surface area contributed by atoms with E-state index in [2.05, 4.69) is 27.7 Å². The van der Waals surface area contributed by atoms with Crippen LogP contribution < -0.4 is 0 Å². The minimum Gasteiger partial charge on any atom is -0.462 e. The maximum Gasteiger partial charge on any atom is 0.472 e. The van der Waals surface area contributed by atoms with Crippen molar-refractivity contribution in [3.05, 3.63) is 0 Å². The average Bonchev–Trinajstić information content (AvgIpc) is 0.970. The van der Waals surface area contributed by atoms with E-state index in [0.717, 1.165) is 89.9 Å². The predicted molar refractivity (Wildman–Crippen MR) is 419 cm³/mol. The first kappa shape index (κ1) is 100. The van der Waals surface area contributed by atoms with E-state index < -0.39 is 97.5 Å². The molecule has 3 N–H and O–H groups in total. The first-order valence-electron chi connectivity index (χ1n) is 43.3. The molecule has 0 aromatic heterocycles. The van der Waals surface area contributed by atoms with Crippen molar-refractivity contribution >= 4 is 39.5 Å². The molecule has 0 heterocycles. The van der Waals surface area contributed by atoms with Gasteiger partial charge in [0.15, 0.2) is 12.2 Å². The van der Waals surface area contributed by atoms with Crippen LogP contribution in [0.3, 0.4) is 0 Å². The molecule has 0 saturated heterocycles. The Hall–Kier alpha value is -1.94. The molecular weight excluding hydrogens is 1330 g/mol. The second-order valence-electron chi connectivity index (χ2n) is 29.9. The molecule has 0 spiro atoms. The molecule has 17 nitrogen and oxygen atoms in total. The predicted octanol–water partition coefficient (Wildman–Crippen LogP) is 25.4. The van der Waals surface area contributed by atoms with Gasteiger partial charge in [0.2, 0.25) is 0 Å². The number of hydrogen-bond acceptors (Lipinski definition) is 15. The standard InChI is InChI=1S/C83H162O17P2/c1-5-9-13-17-21-25-28-31-34-36-38-40-42-44-47-49-52-56-60-64-68-81(86)94-74-79(100-83(88)70-66-62-58-54-51-48-45-43-41-39-37-35-32-29-26-22-18-14-10-6-2)76-98-102(91,92)96-72-77(84)71-95-101(89,90)97-75-78(73-93-80(85)67-63-59-55-24-20-16-12-8-4)99-82(87)69-65-61-57-53-50-46-33-30-27-23-19-15-11-7-3/h77-79,84H,5-76H2,1-4H3,(H,89,90)(H,91,92)/t77-,78+,79+/m0/s1. The van der Waals surface area contributed by atoms with E-state index >= 15 is 0 Å². The van der Waals surface area contributed by atoms with Crippen LogP contribution in [0.2, 0.25) is 0 Å². The number of rotatable bonds is 84. The summed E-state index contributed by atoms with van der Waals surface area (Å²) >= 11 is 0. The molecular formula is C83H162O17P2. The van der Waals surface area contributed by atoms with Crippen molar-refractivity contribution in [1.82, 2.24) is 0 Å². The molecule has 0 aromatic carbocycles. The van der Waals surface area contributed by atoms with Crippen molar-refractivity contribution in [1.29, 1.82) is 0 Å². The van der Waals surface area contributed by atoms with Gasteiger partial charge in [-0.05, 0) is 25.7 Å². The third-order valence-electron chi connectivity index (χ3n) is 19.6. The Labute approximate surface area is 626 Å². The number of phosphoric acid groups is 2. The summed E-state index contributed by atoms with van der Waals surface area (Å²) in [6, 6.07) is 0. The van der Waals surface area contributed by atoms with Gasteiger partial charge in [-0.2, -0.15) is 0 Å². The molecule has 5 atom stereocenters. The Morgan fingerprint density at radius 3 is 0.578 bits per heavy atom. The molecule has 0 radical (unpaired) electrons. The monoisotopic (exact) mass is 1490 g/mol.